The average Bonchev–Trinajstić information content (AvgIpc) is 2.30. The van der Waals surface area contributed by atoms with Crippen molar-refractivity contribution in [3.63, 3.8) is 0 Å². The number of anilines is 2. The Morgan fingerprint density at radius 1 is 1.12 bits per heavy atom. The van der Waals surface area contributed by atoms with E-state index in [1.54, 1.807) is 0 Å². The number of hydrogen-bond donors (Lipinski definition) is 0. The highest BCUT2D eigenvalue weighted by Gasteiger charge is 2.22. The van der Waals surface area contributed by atoms with Crippen LogP contribution in [0.5, 0.6) is 0 Å². The summed E-state index contributed by atoms with van der Waals surface area (Å²) in [6, 6.07) is 0. The van der Waals surface area contributed by atoms with E-state index >= 15 is 0 Å². The van der Waals surface area contributed by atoms with Crippen LogP contribution in [0, 0.1) is 4.51 Å². The Kier molecular flexibility index (Phi) is 4.47. The molecule has 90 valence electrons. The third kappa shape index (κ3) is 2.26. The molecule has 0 aliphatic carbocycles. The fraction of sp³-hybridized carbons (Fsp3) is 0.667. The second kappa shape index (κ2) is 5.43. The molecule has 0 spiro atoms. The molecule has 1 rings (SSSR count). The van der Waals surface area contributed by atoms with Crippen molar-refractivity contribution in [2.24, 2.45) is 0 Å². The standard InChI is InChI=1S/C12H20N2OS/c1-5-7-8-14(4)10-9(13(3)6-2)11(15)12(10)16/h5-8H2,1-4H3. The van der Waals surface area contributed by atoms with Crippen molar-refractivity contribution < 1.29 is 0 Å². The second-order valence-electron chi connectivity index (χ2n) is 4.14. The first-order chi connectivity index (χ1) is 7.54. The molecule has 0 bridgehead atoms. The summed E-state index contributed by atoms with van der Waals surface area (Å²) in [5.74, 6) is 0. The summed E-state index contributed by atoms with van der Waals surface area (Å²) in [6.45, 7) is 5.98. The molecule has 0 aliphatic rings. The third-order valence-electron chi connectivity index (χ3n) is 2.95. The lowest BCUT2D eigenvalue weighted by molar-refractivity contribution is 0.761. The first-order valence-electron chi connectivity index (χ1n) is 5.80. The largest absolute Gasteiger partial charge is 0.372 e. The highest BCUT2D eigenvalue weighted by Crippen LogP contribution is 2.29. The average molecular weight is 240 g/mol. The fourth-order valence-electron chi connectivity index (χ4n) is 1.74. The molecular weight excluding hydrogens is 220 g/mol. The molecule has 4 heteroatoms. The third-order valence-corrected chi connectivity index (χ3v) is 3.32. The molecule has 0 unspecified atom stereocenters. The van der Waals surface area contributed by atoms with E-state index in [0.717, 1.165) is 37.3 Å². The monoisotopic (exact) mass is 240 g/mol. The molecule has 0 aliphatic heterocycles. The van der Waals surface area contributed by atoms with Crippen molar-refractivity contribution >= 4 is 23.6 Å². The van der Waals surface area contributed by atoms with Crippen molar-refractivity contribution in [1.82, 2.24) is 0 Å². The SMILES string of the molecule is CCCCN(C)c1c(N(C)CC)c(=O)c1=S. The van der Waals surface area contributed by atoms with E-state index < -0.39 is 0 Å². The molecule has 3 nitrogen and oxygen atoms in total. The minimum atomic E-state index is 0.0256. The van der Waals surface area contributed by atoms with Crippen molar-refractivity contribution in [3.8, 4) is 0 Å². The van der Waals surface area contributed by atoms with E-state index in [4.69, 9.17) is 12.2 Å². The number of unbranched alkanes of at least 4 members (excludes halogenated alkanes) is 1. The maximum Gasteiger partial charge on any atom is 0.224 e. The predicted molar refractivity (Wildman–Crippen MR) is 73.0 cm³/mol. The van der Waals surface area contributed by atoms with Gasteiger partial charge in [-0.15, -0.1) is 0 Å². The Hall–Kier alpha value is -0.900. The van der Waals surface area contributed by atoms with Gasteiger partial charge < -0.3 is 9.80 Å². The molecule has 1 aromatic carbocycles. The normalized spacial score (nSPS) is 10.8. The van der Waals surface area contributed by atoms with Crippen LogP contribution in [0.1, 0.15) is 26.7 Å². The zero-order valence-corrected chi connectivity index (χ0v) is 11.4. The van der Waals surface area contributed by atoms with Crippen LogP contribution in [-0.4, -0.2) is 27.2 Å². The van der Waals surface area contributed by atoms with Crippen molar-refractivity contribution in [1.29, 1.82) is 0 Å². The van der Waals surface area contributed by atoms with E-state index in [9.17, 15) is 4.79 Å². The highest BCUT2D eigenvalue weighted by molar-refractivity contribution is 7.71. The van der Waals surface area contributed by atoms with Gasteiger partial charge in [0.05, 0.1) is 5.69 Å². The van der Waals surface area contributed by atoms with Gasteiger partial charge in [0.25, 0.3) is 0 Å². The minimum absolute atomic E-state index is 0.0256. The van der Waals surface area contributed by atoms with Gasteiger partial charge in [0, 0.05) is 27.2 Å². The minimum Gasteiger partial charge on any atom is -0.372 e. The Balaban J connectivity index is 2.92. The lowest BCUT2D eigenvalue weighted by Crippen LogP contribution is -2.33. The van der Waals surface area contributed by atoms with Crippen LogP contribution < -0.4 is 15.2 Å². The van der Waals surface area contributed by atoms with Crippen LogP contribution in [0.15, 0.2) is 4.79 Å². The van der Waals surface area contributed by atoms with Crippen LogP contribution >= 0.6 is 12.2 Å². The van der Waals surface area contributed by atoms with Crippen LogP contribution in [-0.2, 0) is 0 Å². The van der Waals surface area contributed by atoms with Crippen molar-refractivity contribution in [2.75, 3.05) is 37.0 Å². The van der Waals surface area contributed by atoms with E-state index in [0.29, 0.717) is 4.51 Å². The number of nitrogens with zero attached hydrogens (tertiary/aromatic N) is 2. The van der Waals surface area contributed by atoms with Gasteiger partial charge in [-0.3, -0.25) is 4.79 Å². The molecule has 0 saturated heterocycles. The molecule has 0 saturated carbocycles. The van der Waals surface area contributed by atoms with Gasteiger partial charge in [0.2, 0.25) is 5.43 Å². The Labute approximate surface area is 102 Å². The van der Waals surface area contributed by atoms with Gasteiger partial charge in [-0.1, -0.05) is 25.6 Å². The fourth-order valence-corrected chi connectivity index (χ4v) is 2.09. The summed E-state index contributed by atoms with van der Waals surface area (Å²) < 4.78 is 0.494. The summed E-state index contributed by atoms with van der Waals surface area (Å²) in [5, 5.41) is 0. The topological polar surface area (TPSA) is 23.6 Å². The first kappa shape index (κ1) is 13.2. The van der Waals surface area contributed by atoms with Gasteiger partial charge in [0.1, 0.15) is 10.2 Å². The van der Waals surface area contributed by atoms with E-state index in [-0.39, 0.29) is 5.43 Å². The number of hydrogen-bond acceptors (Lipinski definition) is 4. The molecule has 0 fully saturated rings. The molecule has 0 amide bonds. The molecule has 16 heavy (non-hydrogen) atoms. The van der Waals surface area contributed by atoms with Gasteiger partial charge >= 0.3 is 0 Å². The maximum atomic E-state index is 11.7. The Morgan fingerprint density at radius 3 is 2.25 bits per heavy atom. The lowest BCUT2D eigenvalue weighted by Gasteiger charge is -2.28. The summed E-state index contributed by atoms with van der Waals surface area (Å²) in [4.78, 5) is 15.8. The zero-order chi connectivity index (χ0) is 12.3. The highest BCUT2D eigenvalue weighted by atomic mass is 32.1. The van der Waals surface area contributed by atoms with Gasteiger partial charge in [-0.05, 0) is 13.3 Å². The summed E-state index contributed by atoms with van der Waals surface area (Å²) >= 11 is 5.12. The zero-order valence-electron chi connectivity index (χ0n) is 10.5. The maximum absolute atomic E-state index is 11.7. The first-order valence-corrected chi connectivity index (χ1v) is 6.20. The van der Waals surface area contributed by atoms with Gasteiger partial charge in [-0.25, -0.2) is 0 Å². The van der Waals surface area contributed by atoms with Crippen molar-refractivity contribution in [3.05, 3.63) is 14.7 Å². The predicted octanol–water partition coefficient (Wildman–Crippen LogP) is 2.34. The quantitative estimate of drug-likeness (QED) is 0.712. The summed E-state index contributed by atoms with van der Waals surface area (Å²) in [7, 11) is 3.94. The van der Waals surface area contributed by atoms with Crippen LogP contribution in [0.2, 0.25) is 0 Å². The Bertz CT molecular complexity index is 421. The lowest BCUT2D eigenvalue weighted by atomic mass is 10.1. The molecule has 0 N–H and O–H groups in total. The van der Waals surface area contributed by atoms with Crippen LogP contribution in [0.3, 0.4) is 0 Å². The smallest absolute Gasteiger partial charge is 0.224 e. The van der Waals surface area contributed by atoms with E-state index in [1.807, 2.05) is 25.9 Å². The van der Waals surface area contributed by atoms with E-state index in [2.05, 4.69) is 11.8 Å². The summed E-state index contributed by atoms with van der Waals surface area (Å²) in [5.41, 5.74) is 1.77. The van der Waals surface area contributed by atoms with Gasteiger partial charge in [0.15, 0.2) is 0 Å². The summed E-state index contributed by atoms with van der Waals surface area (Å²) in [6.07, 6.45) is 2.28. The molecule has 0 heterocycles. The van der Waals surface area contributed by atoms with E-state index in [1.165, 1.54) is 0 Å². The van der Waals surface area contributed by atoms with Crippen LogP contribution in [0.25, 0.3) is 0 Å². The van der Waals surface area contributed by atoms with Gasteiger partial charge in [-0.2, -0.15) is 0 Å². The number of rotatable bonds is 6. The molecule has 0 aromatic heterocycles. The molecular formula is C12H20N2OS. The molecule has 1 aromatic rings. The second-order valence-corrected chi connectivity index (χ2v) is 4.55. The van der Waals surface area contributed by atoms with Crippen LogP contribution in [0.4, 0.5) is 11.4 Å². The Morgan fingerprint density at radius 2 is 1.75 bits per heavy atom. The molecule has 0 atom stereocenters. The van der Waals surface area contributed by atoms with Crippen molar-refractivity contribution in [2.45, 2.75) is 26.7 Å². The molecule has 0 radical (unpaired) electrons.